The van der Waals surface area contributed by atoms with Crippen LogP contribution in [0.5, 0.6) is 5.75 Å². The predicted octanol–water partition coefficient (Wildman–Crippen LogP) is 2.00. The first kappa shape index (κ1) is 12.2. The lowest BCUT2D eigenvalue weighted by Crippen LogP contribution is -2.10. The van der Waals surface area contributed by atoms with Crippen LogP contribution in [-0.4, -0.2) is 24.7 Å². The highest BCUT2D eigenvalue weighted by atomic mass is 16.5. The van der Waals surface area contributed by atoms with Gasteiger partial charge in [0.1, 0.15) is 5.75 Å². The lowest BCUT2D eigenvalue weighted by molar-refractivity contribution is 0.0521. The second kappa shape index (κ2) is 4.91. The van der Waals surface area contributed by atoms with Crippen molar-refractivity contribution in [3.05, 3.63) is 30.0 Å². The van der Waals surface area contributed by atoms with Crippen molar-refractivity contribution >= 4 is 22.6 Å². The number of hydrogen-bond donors (Lipinski definition) is 1. The Morgan fingerprint density at radius 3 is 2.83 bits per heavy atom. The van der Waals surface area contributed by atoms with Gasteiger partial charge in [-0.3, -0.25) is 0 Å². The molecule has 0 saturated carbocycles. The van der Waals surface area contributed by atoms with E-state index < -0.39 is 5.97 Å². The van der Waals surface area contributed by atoms with Crippen molar-refractivity contribution in [2.75, 3.05) is 19.5 Å². The number of pyridine rings is 1. The van der Waals surface area contributed by atoms with E-state index in [4.69, 9.17) is 15.2 Å². The number of esters is 1. The van der Waals surface area contributed by atoms with Crippen LogP contribution in [0.15, 0.2) is 24.3 Å². The highest BCUT2D eigenvalue weighted by molar-refractivity contribution is 5.97. The molecule has 0 aliphatic rings. The van der Waals surface area contributed by atoms with Gasteiger partial charge in [-0.15, -0.1) is 0 Å². The maximum atomic E-state index is 11.6. The van der Waals surface area contributed by atoms with E-state index in [0.29, 0.717) is 23.6 Å². The molecule has 2 rings (SSSR count). The molecule has 5 heteroatoms. The number of nitrogen functional groups attached to an aromatic ring is 1. The minimum Gasteiger partial charge on any atom is -0.497 e. The molecule has 2 N–H and O–H groups in total. The molecule has 1 aromatic heterocycles. The Hall–Kier alpha value is -2.30. The lowest BCUT2D eigenvalue weighted by Gasteiger charge is -2.07. The molecule has 0 spiro atoms. The summed E-state index contributed by atoms with van der Waals surface area (Å²) in [5, 5.41) is 0.819. The van der Waals surface area contributed by atoms with E-state index in [1.54, 1.807) is 32.2 Å². The van der Waals surface area contributed by atoms with Crippen LogP contribution in [0, 0.1) is 0 Å². The average Bonchev–Trinajstić information content (AvgIpc) is 2.37. The van der Waals surface area contributed by atoms with Crippen LogP contribution in [0.4, 0.5) is 5.69 Å². The number of aromatic nitrogens is 1. The number of anilines is 1. The van der Waals surface area contributed by atoms with Crippen molar-refractivity contribution in [1.29, 1.82) is 0 Å². The van der Waals surface area contributed by atoms with Gasteiger partial charge in [0, 0.05) is 5.39 Å². The zero-order valence-corrected chi connectivity index (χ0v) is 10.3. The molecule has 0 radical (unpaired) electrons. The fourth-order valence-electron chi connectivity index (χ4n) is 1.66. The van der Waals surface area contributed by atoms with E-state index in [2.05, 4.69) is 4.98 Å². The molecule has 18 heavy (non-hydrogen) atoms. The van der Waals surface area contributed by atoms with Crippen LogP contribution >= 0.6 is 0 Å². The Kier molecular flexibility index (Phi) is 3.32. The van der Waals surface area contributed by atoms with E-state index in [1.165, 1.54) is 0 Å². The van der Waals surface area contributed by atoms with E-state index >= 15 is 0 Å². The van der Waals surface area contributed by atoms with Crippen LogP contribution < -0.4 is 10.5 Å². The highest BCUT2D eigenvalue weighted by Crippen LogP contribution is 2.23. The van der Waals surface area contributed by atoms with Gasteiger partial charge in [-0.05, 0) is 31.2 Å². The summed E-state index contributed by atoms with van der Waals surface area (Å²) in [5.74, 6) is 0.209. The number of carbonyl (C=O) groups is 1. The van der Waals surface area contributed by atoms with Gasteiger partial charge >= 0.3 is 5.97 Å². The molecule has 0 fully saturated rings. The Morgan fingerprint density at radius 1 is 1.39 bits per heavy atom. The van der Waals surface area contributed by atoms with Crippen molar-refractivity contribution in [3.8, 4) is 5.75 Å². The minimum atomic E-state index is -0.507. The smallest absolute Gasteiger partial charge is 0.359 e. The number of ether oxygens (including phenoxy) is 2. The highest BCUT2D eigenvalue weighted by Gasteiger charge is 2.14. The van der Waals surface area contributed by atoms with E-state index in [0.717, 1.165) is 5.39 Å². The minimum absolute atomic E-state index is 0.148. The summed E-state index contributed by atoms with van der Waals surface area (Å²) in [6, 6.07) is 7.06. The summed E-state index contributed by atoms with van der Waals surface area (Å²) in [6.45, 7) is 2.03. The fraction of sp³-hybridized carbons (Fsp3) is 0.231. The molecule has 0 aliphatic heterocycles. The number of hydrogen-bond acceptors (Lipinski definition) is 5. The van der Waals surface area contributed by atoms with Crippen LogP contribution in [0.1, 0.15) is 17.4 Å². The monoisotopic (exact) mass is 246 g/mol. The first-order chi connectivity index (χ1) is 8.65. The van der Waals surface area contributed by atoms with Crippen LogP contribution in [0.3, 0.4) is 0 Å². The molecule has 1 heterocycles. The second-order valence-corrected chi connectivity index (χ2v) is 3.71. The molecule has 5 nitrogen and oxygen atoms in total. The number of nitrogens with zero attached hydrogens (tertiary/aromatic N) is 1. The Labute approximate surface area is 105 Å². The van der Waals surface area contributed by atoms with Gasteiger partial charge in [0.05, 0.1) is 24.9 Å². The Balaban J connectivity index is 2.52. The summed E-state index contributed by atoms with van der Waals surface area (Å²) in [7, 11) is 1.59. The number of fused-ring (bicyclic) bond motifs is 1. The summed E-state index contributed by atoms with van der Waals surface area (Å²) in [5.41, 5.74) is 6.93. The average molecular weight is 246 g/mol. The zero-order chi connectivity index (χ0) is 13.1. The van der Waals surface area contributed by atoms with Crippen molar-refractivity contribution in [1.82, 2.24) is 4.98 Å². The van der Waals surface area contributed by atoms with Gasteiger partial charge in [-0.2, -0.15) is 0 Å². The van der Waals surface area contributed by atoms with Gasteiger partial charge < -0.3 is 15.2 Å². The molecule has 0 bridgehead atoms. The normalized spacial score (nSPS) is 10.3. The molecule has 2 aromatic rings. The number of methoxy groups -OCH3 is 1. The molecular formula is C13H14N2O3. The third-order valence-electron chi connectivity index (χ3n) is 2.52. The van der Waals surface area contributed by atoms with Crippen molar-refractivity contribution in [2.24, 2.45) is 0 Å². The summed E-state index contributed by atoms with van der Waals surface area (Å²) in [6.07, 6.45) is 0. The summed E-state index contributed by atoms with van der Waals surface area (Å²) >= 11 is 0. The molecule has 0 atom stereocenters. The van der Waals surface area contributed by atoms with Crippen LogP contribution in [-0.2, 0) is 4.74 Å². The third-order valence-corrected chi connectivity index (χ3v) is 2.52. The van der Waals surface area contributed by atoms with Crippen molar-refractivity contribution < 1.29 is 14.3 Å². The summed E-state index contributed by atoms with van der Waals surface area (Å²) < 4.78 is 10.0. The van der Waals surface area contributed by atoms with Crippen LogP contribution in [0.25, 0.3) is 10.9 Å². The number of rotatable bonds is 3. The lowest BCUT2D eigenvalue weighted by atomic mass is 10.1. The maximum absolute atomic E-state index is 11.6. The first-order valence-electron chi connectivity index (χ1n) is 5.57. The standard InChI is InChI=1S/C13H14N2O3/c1-3-18-13(16)12-10(14)7-8-6-9(17-2)4-5-11(8)15-12/h4-7H,3,14H2,1-2H3. The summed E-state index contributed by atoms with van der Waals surface area (Å²) in [4.78, 5) is 15.9. The maximum Gasteiger partial charge on any atom is 0.359 e. The zero-order valence-electron chi connectivity index (χ0n) is 10.3. The molecule has 0 saturated heterocycles. The number of carbonyl (C=O) groups excluding carboxylic acids is 1. The number of benzene rings is 1. The second-order valence-electron chi connectivity index (χ2n) is 3.71. The largest absolute Gasteiger partial charge is 0.497 e. The van der Waals surface area contributed by atoms with E-state index in [1.807, 2.05) is 6.07 Å². The van der Waals surface area contributed by atoms with E-state index in [-0.39, 0.29) is 5.69 Å². The van der Waals surface area contributed by atoms with Crippen molar-refractivity contribution in [2.45, 2.75) is 6.92 Å². The first-order valence-corrected chi connectivity index (χ1v) is 5.57. The van der Waals surface area contributed by atoms with Gasteiger partial charge in [0.15, 0.2) is 5.69 Å². The Bertz CT molecular complexity index is 596. The molecule has 0 unspecified atom stereocenters. The van der Waals surface area contributed by atoms with Gasteiger partial charge in [-0.25, -0.2) is 9.78 Å². The molecular weight excluding hydrogens is 232 g/mol. The van der Waals surface area contributed by atoms with Gasteiger partial charge in [-0.1, -0.05) is 0 Å². The van der Waals surface area contributed by atoms with Gasteiger partial charge in [0.25, 0.3) is 0 Å². The van der Waals surface area contributed by atoms with E-state index in [9.17, 15) is 4.79 Å². The topological polar surface area (TPSA) is 74.4 Å². The third kappa shape index (κ3) is 2.20. The predicted molar refractivity (Wildman–Crippen MR) is 68.7 cm³/mol. The van der Waals surface area contributed by atoms with Crippen LogP contribution in [0.2, 0.25) is 0 Å². The molecule has 1 aromatic carbocycles. The fourth-order valence-corrected chi connectivity index (χ4v) is 1.66. The van der Waals surface area contributed by atoms with Gasteiger partial charge in [0.2, 0.25) is 0 Å². The van der Waals surface area contributed by atoms with Crippen molar-refractivity contribution in [3.63, 3.8) is 0 Å². The SMILES string of the molecule is CCOC(=O)c1nc2ccc(OC)cc2cc1N. The number of nitrogens with two attached hydrogens (primary N) is 1. The molecule has 94 valence electrons. The Morgan fingerprint density at radius 2 is 2.17 bits per heavy atom. The molecule has 0 aliphatic carbocycles. The quantitative estimate of drug-likeness (QED) is 0.838. The molecule has 0 amide bonds.